The molecule has 4 nitrogen and oxygen atoms in total. The standard InChI is InChI=1S/C8HF3IN2O2/c9-1-2(10)4(12)6-5(3(1)11)13-7(15)8(16)14-6/h(H,13,15). The van der Waals surface area contributed by atoms with E-state index < -0.39 is 40.6 Å². The summed E-state index contributed by atoms with van der Waals surface area (Å²) < 4.78 is 38.9. The van der Waals surface area contributed by atoms with Gasteiger partial charge in [-0.15, -0.1) is 0 Å². The van der Waals surface area contributed by atoms with Crippen LogP contribution in [-0.4, -0.2) is 11.8 Å². The first-order valence-corrected chi connectivity index (χ1v) is 4.94. The zero-order chi connectivity index (χ0) is 12.0. The fraction of sp³-hybridized carbons (Fsp3) is 0. The molecule has 1 N–H and O–H groups in total. The molecule has 1 aromatic carbocycles. The van der Waals surface area contributed by atoms with Crippen LogP contribution >= 0.6 is 22.6 Å². The molecule has 0 saturated carbocycles. The van der Waals surface area contributed by atoms with Gasteiger partial charge in [-0.3, -0.25) is 9.59 Å². The molecule has 1 aliphatic heterocycles. The number of fused-ring (bicyclic) bond motifs is 1. The van der Waals surface area contributed by atoms with Crippen molar-refractivity contribution in [2.24, 2.45) is 0 Å². The lowest BCUT2D eigenvalue weighted by Crippen LogP contribution is -2.34. The van der Waals surface area contributed by atoms with Crippen molar-refractivity contribution in [1.29, 1.82) is 0 Å². The Morgan fingerprint density at radius 1 is 1.06 bits per heavy atom. The molecule has 2 rings (SSSR count). The Morgan fingerprint density at radius 3 is 2.31 bits per heavy atom. The molecule has 8 heteroatoms. The van der Waals surface area contributed by atoms with Crippen LogP contribution in [0.3, 0.4) is 0 Å². The van der Waals surface area contributed by atoms with Gasteiger partial charge in [-0.05, 0) is 22.6 Å². The van der Waals surface area contributed by atoms with Gasteiger partial charge in [0.25, 0.3) is 0 Å². The fourth-order valence-electron chi connectivity index (χ4n) is 1.16. The zero-order valence-corrected chi connectivity index (χ0v) is 9.43. The second kappa shape index (κ2) is 3.61. The Bertz CT molecular complexity index is 486. The molecule has 1 radical (unpaired) electrons. The van der Waals surface area contributed by atoms with Gasteiger partial charge in [-0.25, -0.2) is 18.5 Å². The monoisotopic (exact) mass is 341 g/mol. The highest BCUT2D eigenvalue weighted by molar-refractivity contribution is 14.1. The number of nitrogens with one attached hydrogen (secondary N) is 1. The lowest BCUT2D eigenvalue weighted by atomic mass is 10.2. The summed E-state index contributed by atoms with van der Waals surface area (Å²) >= 11 is 1.37. The molecule has 2 amide bonds. The summed E-state index contributed by atoms with van der Waals surface area (Å²) in [6, 6.07) is 0. The predicted octanol–water partition coefficient (Wildman–Crippen LogP) is 1.42. The number of amides is 2. The highest BCUT2D eigenvalue weighted by atomic mass is 127. The van der Waals surface area contributed by atoms with Gasteiger partial charge < -0.3 is 5.32 Å². The van der Waals surface area contributed by atoms with Crippen LogP contribution < -0.4 is 10.6 Å². The molecule has 0 bridgehead atoms. The minimum Gasteiger partial charge on any atom is -0.313 e. The maximum atomic E-state index is 13.2. The molecular weight excluding hydrogens is 340 g/mol. The molecule has 0 aliphatic carbocycles. The summed E-state index contributed by atoms with van der Waals surface area (Å²) in [5.41, 5.74) is -1.02. The van der Waals surface area contributed by atoms with E-state index in [-0.39, 0.29) is 3.57 Å². The average molecular weight is 341 g/mol. The normalized spacial score (nSPS) is 14.2. The first-order chi connectivity index (χ1) is 7.43. The third kappa shape index (κ3) is 1.44. The van der Waals surface area contributed by atoms with Crippen LogP contribution in [0.25, 0.3) is 0 Å². The van der Waals surface area contributed by atoms with E-state index in [4.69, 9.17) is 0 Å². The van der Waals surface area contributed by atoms with E-state index in [0.29, 0.717) is 0 Å². The molecule has 16 heavy (non-hydrogen) atoms. The Labute approximate surface area is 100 Å². The van der Waals surface area contributed by atoms with Gasteiger partial charge >= 0.3 is 11.8 Å². The van der Waals surface area contributed by atoms with E-state index in [1.807, 2.05) is 5.32 Å². The molecule has 0 saturated heterocycles. The Morgan fingerprint density at radius 2 is 1.69 bits per heavy atom. The molecule has 0 spiro atoms. The number of nitrogens with zero attached hydrogens (tertiary/aromatic N) is 1. The van der Waals surface area contributed by atoms with Gasteiger partial charge in [0.05, 0.1) is 3.57 Å². The predicted molar refractivity (Wildman–Crippen MR) is 54.5 cm³/mol. The number of rotatable bonds is 0. The highest BCUT2D eigenvalue weighted by Crippen LogP contribution is 2.36. The van der Waals surface area contributed by atoms with Crippen molar-refractivity contribution in [1.82, 2.24) is 5.32 Å². The van der Waals surface area contributed by atoms with E-state index in [1.54, 1.807) is 0 Å². The first-order valence-electron chi connectivity index (χ1n) is 3.86. The largest absolute Gasteiger partial charge is 0.335 e. The lowest BCUT2D eigenvalue weighted by Gasteiger charge is -2.17. The van der Waals surface area contributed by atoms with Crippen molar-refractivity contribution < 1.29 is 22.8 Å². The molecule has 83 valence electrons. The summed E-state index contributed by atoms with van der Waals surface area (Å²) in [4.78, 5) is 21.8. The van der Waals surface area contributed by atoms with Crippen LogP contribution in [0.2, 0.25) is 0 Å². The fourth-order valence-corrected chi connectivity index (χ4v) is 1.79. The Balaban J connectivity index is 2.74. The molecular formula is C8HF3IN2O2. The van der Waals surface area contributed by atoms with E-state index >= 15 is 0 Å². The van der Waals surface area contributed by atoms with Crippen LogP contribution in [0.15, 0.2) is 0 Å². The number of hydrogen-bond acceptors (Lipinski definition) is 2. The van der Waals surface area contributed by atoms with Crippen molar-refractivity contribution in [3.05, 3.63) is 21.0 Å². The van der Waals surface area contributed by atoms with Crippen molar-refractivity contribution in [2.75, 3.05) is 5.32 Å². The number of benzene rings is 1. The maximum Gasteiger partial charge on any atom is 0.335 e. The number of carbonyl (C=O) groups excluding carboxylic acids is 2. The van der Waals surface area contributed by atoms with Gasteiger partial charge in [-0.1, -0.05) is 0 Å². The number of hydrogen-bond donors (Lipinski definition) is 1. The minimum atomic E-state index is -1.71. The SMILES string of the molecule is O=C1[N]c2c(I)c(F)c(F)c(F)c2NC1=O. The van der Waals surface area contributed by atoms with Gasteiger partial charge in [0.1, 0.15) is 11.4 Å². The molecule has 1 heterocycles. The van der Waals surface area contributed by atoms with Crippen LogP contribution in [0, 0.1) is 21.0 Å². The van der Waals surface area contributed by atoms with E-state index in [0.717, 1.165) is 0 Å². The molecule has 0 unspecified atom stereocenters. The third-order valence-electron chi connectivity index (χ3n) is 1.89. The van der Waals surface area contributed by atoms with E-state index in [1.165, 1.54) is 22.6 Å². The van der Waals surface area contributed by atoms with E-state index in [2.05, 4.69) is 5.32 Å². The van der Waals surface area contributed by atoms with Gasteiger partial charge in [-0.2, -0.15) is 0 Å². The van der Waals surface area contributed by atoms with Gasteiger partial charge in [0.15, 0.2) is 17.5 Å². The molecule has 0 aromatic heterocycles. The Kier molecular flexibility index (Phi) is 2.52. The van der Waals surface area contributed by atoms with Crippen LogP contribution in [-0.2, 0) is 9.59 Å². The smallest absolute Gasteiger partial charge is 0.313 e. The lowest BCUT2D eigenvalue weighted by molar-refractivity contribution is -0.135. The number of carbonyl (C=O) groups is 2. The second-order valence-corrected chi connectivity index (χ2v) is 3.93. The second-order valence-electron chi connectivity index (χ2n) is 2.85. The summed E-state index contributed by atoms with van der Waals surface area (Å²) in [5, 5.41) is 5.00. The van der Waals surface area contributed by atoms with Gasteiger partial charge in [0.2, 0.25) is 0 Å². The van der Waals surface area contributed by atoms with Gasteiger partial charge in [0, 0.05) is 0 Å². The molecule has 0 atom stereocenters. The van der Waals surface area contributed by atoms with Crippen LogP contribution in [0.1, 0.15) is 0 Å². The van der Waals surface area contributed by atoms with Crippen molar-refractivity contribution in [3.8, 4) is 0 Å². The number of halogens is 4. The minimum absolute atomic E-state index is 0.361. The topological polar surface area (TPSA) is 60.3 Å². The average Bonchev–Trinajstić information content (AvgIpc) is 2.26. The van der Waals surface area contributed by atoms with Crippen LogP contribution in [0.5, 0.6) is 0 Å². The summed E-state index contributed by atoms with van der Waals surface area (Å²) in [6.07, 6.45) is 0. The summed E-state index contributed by atoms with van der Waals surface area (Å²) in [5.74, 6) is -7.10. The zero-order valence-electron chi connectivity index (χ0n) is 7.28. The molecule has 1 aliphatic rings. The molecule has 1 aromatic rings. The first kappa shape index (κ1) is 11.2. The third-order valence-corrected chi connectivity index (χ3v) is 2.87. The van der Waals surface area contributed by atoms with Crippen molar-refractivity contribution in [3.63, 3.8) is 0 Å². The van der Waals surface area contributed by atoms with E-state index in [9.17, 15) is 22.8 Å². The quantitative estimate of drug-likeness (QED) is 0.336. The number of anilines is 1. The Hall–Kier alpha value is -1.32. The van der Waals surface area contributed by atoms with Crippen LogP contribution in [0.4, 0.5) is 24.5 Å². The maximum absolute atomic E-state index is 13.2. The summed E-state index contributed by atoms with van der Waals surface area (Å²) in [7, 11) is 0. The van der Waals surface area contributed by atoms with Crippen molar-refractivity contribution in [2.45, 2.75) is 0 Å². The highest BCUT2D eigenvalue weighted by Gasteiger charge is 2.33. The summed E-state index contributed by atoms with van der Waals surface area (Å²) in [6.45, 7) is 0. The molecule has 0 fully saturated rings. The van der Waals surface area contributed by atoms with Crippen molar-refractivity contribution >= 4 is 45.8 Å².